The van der Waals surface area contributed by atoms with Gasteiger partial charge >= 0.3 is 5.97 Å². The molecule has 2 aromatic rings. The minimum atomic E-state index is -1.23. The van der Waals surface area contributed by atoms with E-state index in [1.54, 1.807) is 12.1 Å². The fourth-order valence-corrected chi connectivity index (χ4v) is 3.03. The fourth-order valence-electron chi connectivity index (χ4n) is 1.88. The Bertz CT molecular complexity index is 632. The van der Waals surface area contributed by atoms with Crippen molar-refractivity contribution in [3.05, 3.63) is 65.2 Å². The van der Waals surface area contributed by atoms with Crippen LogP contribution in [0, 0.1) is 0 Å². The van der Waals surface area contributed by atoms with Gasteiger partial charge in [-0.05, 0) is 35.7 Å². The Labute approximate surface area is 120 Å². The van der Waals surface area contributed by atoms with Crippen LogP contribution in [0.1, 0.15) is 28.4 Å². The van der Waals surface area contributed by atoms with Crippen LogP contribution in [0.4, 0.5) is 0 Å². The van der Waals surface area contributed by atoms with Crippen molar-refractivity contribution in [2.75, 3.05) is 0 Å². The third-order valence-electron chi connectivity index (χ3n) is 3.07. The Morgan fingerprint density at radius 1 is 1.10 bits per heavy atom. The molecule has 1 N–H and O–H groups in total. The number of hydrogen-bond acceptors (Lipinski definition) is 2. The van der Waals surface area contributed by atoms with Crippen LogP contribution in [-0.2, 0) is 23.0 Å². The van der Waals surface area contributed by atoms with Crippen molar-refractivity contribution in [2.45, 2.75) is 24.0 Å². The van der Waals surface area contributed by atoms with E-state index in [2.05, 4.69) is 6.92 Å². The van der Waals surface area contributed by atoms with Crippen molar-refractivity contribution >= 4 is 16.8 Å². The number of rotatable bonds is 5. The number of hydrogen-bond donors (Lipinski definition) is 1. The monoisotopic (exact) mass is 288 g/mol. The summed E-state index contributed by atoms with van der Waals surface area (Å²) in [4.78, 5) is 11.5. The average molecular weight is 288 g/mol. The molecule has 2 rings (SSSR count). The van der Waals surface area contributed by atoms with Crippen LogP contribution in [0.15, 0.2) is 53.4 Å². The maximum atomic E-state index is 12.3. The topological polar surface area (TPSA) is 54.4 Å². The van der Waals surface area contributed by atoms with Gasteiger partial charge < -0.3 is 5.11 Å². The molecule has 1 unspecified atom stereocenters. The summed E-state index contributed by atoms with van der Waals surface area (Å²) >= 11 is 0. The Hall–Kier alpha value is -1.94. The van der Waals surface area contributed by atoms with Gasteiger partial charge in [0.05, 0.1) is 22.1 Å². The first-order chi connectivity index (χ1) is 9.60. The van der Waals surface area contributed by atoms with Gasteiger partial charge in [-0.1, -0.05) is 37.3 Å². The van der Waals surface area contributed by atoms with Gasteiger partial charge in [0.1, 0.15) is 0 Å². The zero-order valence-electron chi connectivity index (χ0n) is 11.2. The predicted molar refractivity (Wildman–Crippen MR) is 79.3 cm³/mol. The smallest absolute Gasteiger partial charge is 0.335 e. The summed E-state index contributed by atoms with van der Waals surface area (Å²) in [5.41, 5.74) is 2.39. The van der Waals surface area contributed by atoms with Gasteiger partial charge in [-0.25, -0.2) is 4.79 Å². The van der Waals surface area contributed by atoms with E-state index in [1.807, 2.05) is 24.3 Å². The first-order valence-corrected chi connectivity index (χ1v) is 7.71. The number of aromatic carboxylic acids is 1. The van der Waals surface area contributed by atoms with E-state index in [0.717, 1.165) is 12.0 Å². The molecule has 0 fully saturated rings. The SMILES string of the molecule is CCc1ccc(CS(=O)c2cccc(C(=O)O)c2)cc1. The molecule has 0 saturated carbocycles. The summed E-state index contributed by atoms with van der Waals surface area (Å²) in [5.74, 6) is -0.608. The van der Waals surface area contributed by atoms with Crippen molar-refractivity contribution in [2.24, 2.45) is 0 Å². The van der Waals surface area contributed by atoms with Crippen molar-refractivity contribution in [1.29, 1.82) is 0 Å². The van der Waals surface area contributed by atoms with Crippen molar-refractivity contribution in [3.63, 3.8) is 0 Å². The van der Waals surface area contributed by atoms with Crippen LogP contribution in [0.25, 0.3) is 0 Å². The molecular weight excluding hydrogens is 272 g/mol. The summed E-state index contributed by atoms with van der Waals surface area (Å²) in [6, 6.07) is 14.3. The molecule has 20 heavy (non-hydrogen) atoms. The van der Waals surface area contributed by atoms with Crippen molar-refractivity contribution < 1.29 is 14.1 Å². The summed E-state index contributed by atoms with van der Waals surface area (Å²) in [5, 5.41) is 8.94. The Kier molecular flexibility index (Phi) is 4.69. The molecule has 4 heteroatoms. The molecule has 1 atom stereocenters. The van der Waals surface area contributed by atoms with Crippen molar-refractivity contribution in [3.8, 4) is 0 Å². The van der Waals surface area contributed by atoms with Gasteiger partial charge in [0, 0.05) is 4.90 Å². The normalized spacial score (nSPS) is 12.1. The van der Waals surface area contributed by atoms with E-state index in [0.29, 0.717) is 10.6 Å². The van der Waals surface area contributed by atoms with Gasteiger partial charge in [0.25, 0.3) is 0 Å². The minimum Gasteiger partial charge on any atom is -0.478 e. The molecule has 0 saturated heterocycles. The maximum absolute atomic E-state index is 12.3. The van der Waals surface area contributed by atoms with E-state index in [4.69, 9.17) is 5.11 Å². The predicted octanol–water partition coefficient (Wildman–Crippen LogP) is 3.26. The molecule has 0 bridgehead atoms. The van der Waals surface area contributed by atoms with Gasteiger partial charge in [-0.3, -0.25) is 4.21 Å². The van der Waals surface area contributed by atoms with Gasteiger partial charge in [-0.2, -0.15) is 0 Å². The van der Waals surface area contributed by atoms with Gasteiger partial charge in [0.15, 0.2) is 0 Å². The van der Waals surface area contributed by atoms with Crippen LogP contribution in [-0.4, -0.2) is 15.3 Å². The molecular formula is C16H16O3S. The highest BCUT2D eigenvalue weighted by Crippen LogP contribution is 2.15. The number of carboxylic acids is 1. The summed E-state index contributed by atoms with van der Waals surface area (Å²) in [7, 11) is -1.23. The lowest BCUT2D eigenvalue weighted by Crippen LogP contribution is -2.01. The van der Waals surface area contributed by atoms with Crippen LogP contribution >= 0.6 is 0 Å². The standard InChI is InChI=1S/C16H16O3S/c1-2-12-6-8-13(9-7-12)11-20(19)15-5-3-4-14(10-15)16(17)18/h3-10H,2,11H2,1H3,(H,17,18). The average Bonchev–Trinajstić information content (AvgIpc) is 2.48. The van der Waals surface area contributed by atoms with Crippen LogP contribution in [0.2, 0.25) is 0 Å². The molecule has 0 heterocycles. The molecule has 0 amide bonds. The lowest BCUT2D eigenvalue weighted by molar-refractivity contribution is 0.0696. The van der Waals surface area contributed by atoms with Crippen LogP contribution < -0.4 is 0 Å². The summed E-state index contributed by atoms with van der Waals surface area (Å²) in [6.45, 7) is 2.09. The molecule has 3 nitrogen and oxygen atoms in total. The first kappa shape index (κ1) is 14.5. The van der Waals surface area contributed by atoms with E-state index in [9.17, 15) is 9.00 Å². The fraction of sp³-hybridized carbons (Fsp3) is 0.188. The quantitative estimate of drug-likeness (QED) is 0.918. The highest BCUT2D eigenvalue weighted by molar-refractivity contribution is 7.84. The Morgan fingerprint density at radius 2 is 1.75 bits per heavy atom. The highest BCUT2D eigenvalue weighted by Gasteiger charge is 2.09. The zero-order chi connectivity index (χ0) is 14.5. The lowest BCUT2D eigenvalue weighted by Gasteiger charge is -2.05. The van der Waals surface area contributed by atoms with E-state index >= 15 is 0 Å². The molecule has 0 aliphatic carbocycles. The molecule has 104 valence electrons. The second-order valence-corrected chi connectivity index (χ2v) is 5.94. The second-order valence-electron chi connectivity index (χ2n) is 4.49. The summed E-state index contributed by atoms with van der Waals surface area (Å²) < 4.78 is 12.3. The molecule has 0 aliphatic rings. The Morgan fingerprint density at radius 3 is 2.35 bits per heavy atom. The van der Waals surface area contributed by atoms with Gasteiger partial charge in [-0.15, -0.1) is 0 Å². The number of carbonyl (C=O) groups is 1. The molecule has 0 aromatic heterocycles. The molecule has 2 aromatic carbocycles. The summed E-state index contributed by atoms with van der Waals surface area (Å²) in [6.07, 6.45) is 0.976. The number of benzene rings is 2. The van der Waals surface area contributed by atoms with Crippen LogP contribution in [0.5, 0.6) is 0 Å². The van der Waals surface area contributed by atoms with E-state index < -0.39 is 16.8 Å². The second kappa shape index (κ2) is 6.48. The minimum absolute atomic E-state index is 0.164. The third kappa shape index (κ3) is 3.54. The molecule has 0 radical (unpaired) electrons. The van der Waals surface area contributed by atoms with Gasteiger partial charge in [0.2, 0.25) is 0 Å². The number of carboxylic acid groups (broad SMARTS) is 1. The first-order valence-electron chi connectivity index (χ1n) is 6.39. The Balaban J connectivity index is 2.14. The molecule has 0 aliphatic heterocycles. The third-order valence-corrected chi connectivity index (χ3v) is 4.45. The lowest BCUT2D eigenvalue weighted by atomic mass is 10.1. The maximum Gasteiger partial charge on any atom is 0.335 e. The molecule has 0 spiro atoms. The number of aryl methyl sites for hydroxylation is 1. The van der Waals surface area contributed by atoms with E-state index in [-0.39, 0.29) is 5.56 Å². The largest absolute Gasteiger partial charge is 0.478 e. The van der Waals surface area contributed by atoms with Crippen LogP contribution in [0.3, 0.4) is 0 Å². The highest BCUT2D eigenvalue weighted by atomic mass is 32.2. The van der Waals surface area contributed by atoms with Crippen molar-refractivity contribution in [1.82, 2.24) is 0 Å². The zero-order valence-corrected chi connectivity index (χ0v) is 12.0. The van der Waals surface area contributed by atoms with E-state index in [1.165, 1.54) is 17.7 Å².